The van der Waals surface area contributed by atoms with Crippen molar-refractivity contribution in [2.75, 3.05) is 14.2 Å². The Morgan fingerprint density at radius 1 is 0.500 bits per heavy atom. The molecule has 0 aliphatic heterocycles. The molecule has 5 heteroatoms. The highest BCUT2D eigenvalue weighted by Gasteiger charge is 2.25. The van der Waals surface area contributed by atoms with Crippen molar-refractivity contribution in [3.05, 3.63) is 159 Å². The summed E-state index contributed by atoms with van der Waals surface area (Å²) in [6.45, 7) is 7.12. The molecule has 0 spiro atoms. The molecule has 4 nitrogen and oxygen atoms in total. The monoisotopic (exact) mass is 626 g/mol. The van der Waals surface area contributed by atoms with Gasteiger partial charge in [-0.25, -0.2) is 0 Å². The van der Waals surface area contributed by atoms with E-state index in [0.29, 0.717) is 30.4 Å². The minimum absolute atomic E-state index is 0.647. The Labute approximate surface area is 274 Å². The highest BCUT2D eigenvalue weighted by molar-refractivity contribution is 6.89. The number of ether oxygens (including phenoxy) is 2. The lowest BCUT2D eigenvalue weighted by molar-refractivity contribution is 0.111. The Morgan fingerprint density at radius 2 is 0.913 bits per heavy atom. The summed E-state index contributed by atoms with van der Waals surface area (Å²) in [5, 5.41) is 1.39. The topological polar surface area (TPSA) is 52.6 Å². The molecule has 0 fully saturated rings. The SMILES string of the molecule is COc1cc(C=O)c(Cc2cccc(Cc3cc(Cc4ccccc4)c(C=O)cc3OC)c2[Si](C)(C)C)cc1Cc1ccccc1. The lowest BCUT2D eigenvalue weighted by atomic mass is 9.92. The van der Waals surface area contributed by atoms with Crippen LogP contribution in [0.5, 0.6) is 11.5 Å². The van der Waals surface area contributed by atoms with Crippen LogP contribution in [0.3, 0.4) is 0 Å². The first-order valence-electron chi connectivity index (χ1n) is 15.7. The number of benzene rings is 5. The summed E-state index contributed by atoms with van der Waals surface area (Å²) in [4.78, 5) is 24.4. The van der Waals surface area contributed by atoms with Crippen LogP contribution in [-0.2, 0) is 25.7 Å². The van der Waals surface area contributed by atoms with E-state index in [-0.39, 0.29) is 0 Å². The number of carbonyl (C=O) groups excluding carboxylic acids is 2. The molecule has 5 aromatic carbocycles. The Balaban J connectivity index is 1.56. The van der Waals surface area contributed by atoms with Crippen molar-refractivity contribution in [1.29, 1.82) is 0 Å². The second-order valence-corrected chi connectivity index (χ2v) is 17.8. The summed E-state index contributed by atoms with van der Waals surface area (Å²) >= 11 is 0. The van der Waals surface area contributed by atoms with Crippen molar-refractivity contribution >= 4 is 25.8 Å². The summed E-state index contributed by atoms with van der Waals surface area (Å²) in [7, 11) is 1.44. The number of methoxy groups -OCH3 is 2. The number of carbonyl (C=O) groups is 2. The van der Waals surface area contributed by atoms with Gasteiger partial charge in [-0.3, -0.25) is 9.59 Å². The fraction of sp³-hybridized carbons (Fsp3) is 0.220. The van der Waals surface area contributed by atoms with Crippen LogP contribution in [0.15, 0.2) is 103 Å². The number of aldehydes is 2. The molecule has 0 atom stereocenters. The molecule has 46 heavy (non-hydrogen) atoms. The first kappa shape index (κ1) is 32.6. The molecule has 0 heterocycles. The Morgan fingerprint density at radius 3 is 1.35 bits per heavy atom. The van der Waals surface area contributed by atoms with Gasteiger partial charge in [0.2, 0.25) is 0 Å². The maximum Gasteiger partial charge on any atom is 0.150 e. The van der Waals surface area contributed by atoms with Crippen LogP contribution in [0.4, 0.5) is 0 Å². The molecule has 0 aliphatic carbocycles. The van der Waals surface area contributed by atoms with E-state index < -0.39 is 8.07 Å². The molecule has 5 aromatic rings. The van der Waals surface area contributed by atoms with Crippen LogP contribution in [0.2, 0.25) is 19.6 Å². The first-order chi connectivity index (χ1) is 22.2. The van der Waals surface area contributed by atoms with E-state index in [4.69, 9.17) is 9.47 Å². The lowest BCUT2D eigenvalue weighted by Crippen LogP contribution is -2.43. The maximum atomic E-state index is 12.3. The van der Waals surface area contributed by atoms with Crippen molar-refractivity contribution < 1.29 is 19.1 Å². The van der Waals surface area contributed by atoms with Crippen molar-refractivity contribution in [2.45, 2.75) is 45.3 Å². The second kappa shape index (κ2) is 14.6. The van der Waals surface area contributed by atoms with Crippen LogP contribution >= 0.6 is 0 Å². The van der Waals surface area contributed by atoms with Crippen molar-refractivity contribution in [1.82, 2.24) is 0 Å². The third kappa shape index (κ3) is 7.55. The van der Waals surface area contributed by atoms with E-state index in [1.54, 1.807) is 14.2 Å². The fourth-order valence-corrected chi connectivity index (χ4v) is 8.79. The van der Waals surface area contributed by atoms with Gasteiger partial charge in [0.15, 0.2) is 0 Å². The Bertz CT molecular complexity index is 1820. The Hall–Kier alpha value is -4.74. The number of hydrogen-bond acceptors (Lipinski definition) is 4. The molecular formula is C41H42O4Si. The van der Waals surface area contributed by atoms with E-state index in [9.17, 15) is 9.59 Å². The Kier molecular flexibility index (Phi) is 10.3. The van der Waals surface area contributed by atoms with Crippen molar-refractivity contribution in [3.8, 4) is 11.5 Å². The zero-order valence-corrected chi connectivity index (χ0v) is 28.4. The summed E-state index contributed by atoms with van der Waals surface area (Å²) in [5.74, 6) is 1.45. The van der Waals surface area contributed by atoms with Gasteiger partial charge in [0.1, 0.15) is 24.1 Å². The second-order valence-electron chi connectivity index (χ2n) is 12.8. The largest absolute Gasteiger partial charge is 0.496 e. The van der Waals surface area contributed by atoms with E-state index in [1.807, 2.05) is 48.5 Å². The normalized spacial score (nSPS) is 11.2. The molecule has 0 saturated carbocycles. The summed E-state index contributed by atoms with van der Waals surface area (Å²) < 4.78 is 11.6. The van der Waals surface area contributed by atoms with Gasteiger partial charge in [-0.1, -0.05) is 116 Å². The van der Waals surface area contributed by atoms with Gasteiger partial charge in [-0.15, -0.1) is 0 Å². The highest BCUT2D eigenvalue weighted by atomic mass is 28.3. The number of rotatable bonds is 13. The van der Waals surface area contributed by atoms with Crippen LogP contribution < -0.4 is 14.7 Å². The van der Waals surface area contributed by atoms with Gasteiger partial charge < -0.3 is 9.47 Å². The van der Waals surface area contributed by atoms with E-state index in [0.717, 1.165) is 58.3 Å². The standard InChI is InChI=1S/C41H42O4Si/c1-44-39-26-38(28-43)34(24-35(39)20-30-15-10-7-11-16-30)21-31-17-12-18-32(41(31)46(3,4)5)22-36-23-33(19-29-13-8-6-9-14-29)37(27-42)25-40(36)45-2/h6-18,23-28H,19-22H2,1-5H3. The highest BCUT2D eigenvalue weighted by Crippen LogP contribution is 2.30. The number of hydrogen-bond donors (Lipinski definition) is 0. The van der Waals surface area contributed by atoms with E-state index in [2.05, 4.69) is 74.2 Å². The minimum atomic E-state index is -1.88. The first-order valence-corrected chi connectivity index (χ1v) is 19.2. The molecule has 0 aromatic heterocycles. The molecule has 234 valence electrons. The van der Waals surface area contributed by atoms with Crippen LogP contribution in [0.25, 0.3) is 0 Å². The molecule has 0 aliphatic rings. The van der Waals surface area contributed by atoms with Gasteiger partial charge in [-0.2, -0.15) is 0 Å². The quantitative estimate of drug-likeness (QED) is 0.0976. The van der Waals surface area contributed by atoms with Crippen LogP contribution in [0, 0.1) is 0 Å². The average molecular weight is 627 g/mol. The predicted octanol–water partition coefficient (Wildman–Crippen LogP) is 8.24. The summed E-state index contributed by atoms with van der Waals surface area (Å²) in [5.41, 5.74) is 10.2. The summed E-state index contributed by atoms with van der Waals surface area (Å²) in [6.07, 6.45) is 4.58. The van der Waals surface area contributed by atoms with Gasteiger partial charge in [0, 0.05) is 24.0 Å². The minimum Gasteiger partial charge on any atom is -0.496 e. The van der Waals surface area contributed by atoms with Crippen molar-refractivity contribution in [2.24, 2.45) is 0 Å². The van der Waals surface area contributed by atoms with Crippen LogP contribution in [0.1, 0.15) is 65.2 Å². The van der Waals surface area contributed by atoms with Crippen molar-refractivity contribution in [3.63, 3.8) is 0 Å². The third-order valence-corrected chi connectivity index (χ3v) is 10.7. The molecule has 0 bridgehead atoms. The fourth-order valence-electron chi connectivity index (χ4n) is 6.52. The van der Waals surface area contributed by atoms with E-state index in [1.165, 1.54) is 21.9 Å². The van der Waals surface area contributed by atoms with Gasteiger partial charge in [0.25, 0.3) is 0 Å². The predicted molar refractivity (Wildman–Crippen MR) is 190 cm³/mol. The third-order valence-electron chi connectivity index (χ3n) is 8.56. The molecular weight excluding hydrogens is 585 g/mol. The average Bonchev–Trinajstić information content (AvgIpc) is 3.05. The molecule has 0 N–H and O–H groups in total. The van der Waals surface area contributed by atoms with Gasteiger partial charge in [-0.05, 0) is 69.5 Å². The zero-order chi connectivity index (χ0) is 32.7. The van der Waals surface area contributed by atoms with E-state index >= 15 is 0 Å². The molecule has 0 unspecified atom stereocenters. The van der Waals surface area contributed by atoms with Crippen LogP contribution in [-0.4, -0.2) is 34.9 Å². The van der Waals surface area contributed by atoms with Gasteiger partial charge in [0.05, 0.1) is 22.3 Å². The molecule has 0 radical (unpaired) electrons. The summed E-state index contributed by atoms with van der Waals surface area (Å²) in [6, 6.07) is 35.1. The maximum absolute atomic E-state index is 12.3. The molecule has 0 saturated heterocycles. The molecule has 5 rings (SSSR count). The molecule has 0 amide bonds. The van der Waals surface area contributed by atoms with Gasteiger partial charge >= 0.3 is 0 Å². The zero-order valence-electron chi connectivity index (χ0n) is 27.4. The lowest BCUT2D eigenvalue weighted by Gasteiger charge is -2.26. The smallest absolute Gasteiger partial charge is 0.150 e.